The molecule has 2 fully saturated rings. The number of fused-ring (bicyclic) bond motifs is 1. The van der Waals surface area contributed by atoms with Crippen LogP contribution in [-0.4, -0.2) is 15.0 Å². The Balaban J connectivity index is 1.83. The van der Waals surface area contributed by atoms with Gasteiger partial charge in [-0.15, -0.1) is 0 Å². The van der Waals surface area contributed by atoms with Gasteiger partial charge in [0.15, 0.2) is 0 Å². The van der Waals surface area contributed by atoms with Gasteiger partial charge in [0, 0.05) is 12.5 Å². The first kappa shape index (κ1) is 12.9. The highest BCUT2D eigenvalue weighted by Crippen LogP contribution is 2.64. The van der Waals surface area contributed by atoms with Crippen LogP contribution in [0.25, 0.3) is 0 Å². The molecule has 4 rings (SSSR count). The standard InChI is InChI=1S/C17H17NO2S/c1-13-7-5-6-10-16(13)18-12-15-11-17(15,21(18,19)20)14-8-3-2-4-9-14/h2-10,15H,11-12H2,1H3. The zero-order valence-corrected chi connectivity index (χ0v) is 12.7. The van der Waals surface area contributed by atoms with Gasteiger partial charge >= 0.3 is 0 Å². The molecule has 21 heavy (non-hydrogen) atoms. The van der Waals surface area contributed by atoms with E-state index in [1.807, 2.05) is 61.5 Å². The van der Waals surface area contributed by atoms with E-state index in [1.165, 1.54) is 0 Å². The smallest absolute Gasteiger partial charge is 0.245 e. The molecule has 0 radical (unpaired) electrons. The maximum Gasteiger partial charge on any atom is 0.245 e. The van der Waals surface area contributed by atoms with E-state index in [4.69, 9.17) is 0 Å². The summed E-state index contributed by atoms with van der Waals surface area (Å²) in [6, 6.07) is 17.4. The second-order valence-corrected chi connectivity index (χ2v) is 8.10. The van der Waals surface area contributed by atoms with Gasteiger partial charge in [-0.05, 0) is 30.5 Å². The van der Waals surface area contributed by atoms with Gasteiger partial charge in [0.2, 0.25) is 10.0 Å². The van der Waals surface area contributed by atoms with Crippen molar-refractivity contribution in [2.75, 3.05) is 10.8 Å². The SMILES string of the molecule is Cc1ccccc1N1CC2CC2(c2ccccc2)S1(=O)=O. The minimum Gasteiger partial charge on any atom is -0.269 e. The molecule has 0 spiro atoms. The maximum atomic E-state index is 13.1. The largest absolute Gasteiger partial charge is 0.269 e. The summed E-state index contributed by atoms with van der Waals surface area (Å²) in [5.41, 5.74) is 2.76. The Labute approximate surface area is 125 Å². The summed E-state index contributed by atoms with van der Waals surface area (Å²) >= 11 is 0. The van der Waals surface area contributed by atoms with Gasteiger partial charge in [0.25, 0.3) is 0 Å². The van der Waals surface area contributed by atoms with Crippen LogP contribution in [0, 0.1) is 12.8 Å². The molecule has 2 aliphatic rings. The average molecular weight is 299 g/mol. The van der Waals surface area contributed by atoms with Crippen LogP contribution in [0.4, 0.5) is 5.69 Å². The van der Waals surface area contributed by atoms with E-state index >= 15 is 0 Å². The minimum atomic E-state index is -3.35. The van der Waals surface area contributed by atoms with Crippen molar-refractivity contribution in [1.82, 2.24) is 0 Å². The number of aryl methyl sites for hydroxylation is 1. The Morgan fingerprint density at radius 2 is 1.71 bits per heavy atom. The molecule has 0 aromatic heterocycles. The lowest BCUT2D eigenvalue weighted by Crippen LogP contribution is -2.33. The summed E-state index contributed by atoms with van der Waals surface area (Å²) < 4.78 is 27.2. The van der Waals surface area contributed by atoms with Crippen LogP contribution < -0.4 is 4.31 Å². The van der Waals surface area contributed by atoms with Crippen molar-refractivity contribution in [3.63, 3.8) is 0 Å². The zero-order valence-electron chi connectivity index (χ0n) is 11.9. The third-order valence-corrected chi connectivity index (χ3v) is 7.41. The second-order valence-electron chi connectivity index (χ2n) is 5.98. The number of sulfonamides is 1. The molecule has 2 aromatic carbocycles. The van der Waals surface area contributed by atoms with Gasteiger partial charge in [-0.1, -0.05) is 48.5 Å². The zero-order chi connectivity index (χ0) is 14.7. The second kappa shape index (κ2) is 4.10. The first-order valence-corrected chi connectivity index (χ1v) is 8.65. The normalized spacial score (nSPS) is 29.2. The van der Waals surface area contributed by atoms with Gasteiger partial charge < -0.3 is 0 Å². The van der Waals surface area contributed by atoms with E-state index in [2.05, 4.69) is 0 Å². The van der Waals surface area contributed by atoms with Gasteiger partial charge in [-0.2, -0.15) is 0 Å². The molecule has 4 heteroatoms. The molecule has 0 N–H and O–H groups in total. The monoisotopic (exact) mass is 299 g/mol. The molecule has 1 saturated carbocycles. The Morgan fingerprint density at radius 1 is 1.05 bits per heavy atom. The van der Waals surface area contributed by atoms with Crippen LogP contribution in [0.1, 0.15) is 17.5 Å². The number of anilines is 1. The average Bonchev–Trinajstić information content (AvgIpc) is 3.18. The van der Waals surface area contributed by atoms with E-state index in [9.17, 15) is 8.42 Å². The van der Waals surface area contributed by atoms with Crippen molar-refractivity contribution >= 4 is 15.7 Å². The van der Waals surface area contributed by atoms with Crippen molar-refractivity contribution in [2.24, 2.45) is 5.92 Å². The highest BCUT2D eigenvalue weighted by molar-refractivity contribution is 7.94. The van der Waals surface area contributed by atoms with E-state index in [-0.39, 0.29) is 5.92 Å². The number of nitrogens with zero attached hydrogens (tertiary/aromatic N) is 1. The van der Waals surface area contributed by atoms with Crippen LogP contribution >= 0.6 is 0 Å². The van der Waals surface area contributed by atoms with Gasteiger partial charge in [0.1, 0.15) is 4.75 Å². The van der Waals surface area contributed by atoms with Crippen LogP contribution in [0.3, 0.4) is 0 Å². The summed E-state index contributed by atoms with van der Waals surface area (Å²) in [5.74, 6) is 0.213. The highest BCUT2D eigenvalue weighted by atomic mass is 32.2. The van der Waals surface area contributed by atoms with E-state index < -0.39 is 14.8 Å². The lowest BCUT2D eigenvalue weighted by atomic mass is 10.1. The molecule has 3 nitrogen and oxygen atoms in total. The fourth-order valence-electron chi connectivity index (χ4n) is 3.62. The van der Waals surface area contributed by atoms with Crippen molar-refractivity contribution in [3.8, 4) is 0 Å². The number of hydrogen-bond acceptors (Lipinski definition) is 2. The molecule has 1 heterocycles. The number of benzene rings is 2. The molecule has 0 bridgehead atoms. The Hall–Kier alpha value is -1.81. The fourth-order valence-corrected chi connectivity index (χ4v) is 6.20. The fraction of sp³-hybridized carbons (Fsp3) is 0.294. The first-order valence-electron chi connectivity index (χ1n) is 7.21. The molecule has 2 atom stereocenters. The molecule has 0 amide bonds. The van der Waals surface area contributed by atoms with E-state index in [0.29, 0.717) is 6.54 Å². The van der Waals surface area contributed by atoms with Crippen LogP contribution in [0.2, 0.25) is 0 Å². The summed E-state index contributed by atoms with van der Waals surface area (Å²) in [5, 5.41) is 0. The van der Waals surface area contributed by atoms with Crippen LogP contribution in [0.15, 0.2) is 54.6 Å². The molecule has 2 unspecified atom stereocenters. The van der Waals surface area contributed by atoms with E-state index in [0.717, 1.165) is 23.2 Å². The molecule has 1 aliphatic carbocycles. The highest BCUT2D eigenvalue weighted by Gasteiger charge is 2.71. The van der Waals surface area contributed by atoms with Crippen molar-refractivity contribution in [1.29, 1.82) is 0 Å². The molecule has 108 valence electrons. The number of hydrogen-bond donors (Lipinski definition) is 0. The Kier molecular flexibility index (Phi) is 2.52. The topological polar surface area (TPSA) is 37.4 Å². The van der Waals surface area contributed by atoms with Crippen molar-refractivity contribution in [2.45, 2.75) is 18.1 Å². The molecular formula is C17H17NO2S. The lowest BCUT2D eigenvalue weighted by molar-refractivity contribution is 0.583. The Bertz CT molecular complexity index is 801. The van der Waals surface area contributed by atoms with Crippen molar-refractivity contribution in [3.05, 3.63) is 65.7 Å². The van der Waals surface area contributed by atoms with Gasteiger partial charge in [0.05, 0.1) is 5.69 Å². The van der Waals surface area contributed by atoms with Crippen LogP contribution in [0.5, 0.6) is 0 Å². The summed E-state index contributed by atoms with van der Waals surface area (Å²) in [6.45, 7) is 2.56. The predicted molar refractivity (Wildman–Crippen MR) is 83.7 cm³/mol. The third kappa shape index (κ3) is 1.57. The lowest BCUT2D eigenvalue weighted by Gasteiger charge is -2.25. The minimum absolute atomic E-state index is 0.213. The summed E-state index contributed by atoms with van der Waals surface area (Å²) in [4.78, 5) is 0. The van der Waals surface area contributed by atoms with Crippen molar-refractivity contribution < 1.29 is 8.42 Å². The number of rotatable bonds is 2. The molecule has 2 aromatic rings. The summed E-state index contributed by atoms with van der Waals surface area (Å²) in [7, 11) is -3.35. The van der Waals surface area contributed by atoms with Gasteiger partial charge in [-0.3, -0.25) is 4.31 Å². The molecule has 1 saturated heterocycles. The quantitative estimate of drug-likeness (QED) is 0.854. The van der Waals surface area contributed by atoms with Gasteiger partial charge in [-0.25, -0.2) is 8.42 Å². The van der Waals surface area contributed by atoms with Crippen LogP contribution in [-0.2, 0) is 14.8 Å². The van der Waals surface area contributed by atoms with E-state index in [1.54, 1.807) is 4.31 Å². The summed E-state index contributed by atoms with van der Waals surface area (Å²) in [6.07, 6.45) is 0.752. The third-order valence-electron chi connectivity index (χ3n) is 4.83. The first-order chi connectivity index (χ1) is 10.1. The molecule has 1 aliphatic heterocycles. The Morgan fingerprint density at radius 3 is 2.43 bits per heavy atom. The maximum absolute atomic E-state index is 13.1. The molecular weight excluding hydrogens is 282 g/mol. The number of para-hydroxylation sites is 1. The predicted octanol–water partition coefficient (Wildman–Crippen LogP) is 3.06.